The second-order valence-corrected chi connectivity index (χ2v) is 5.62. The molecule has 1 aliphatic heterocycles. The van der Waals surface area contributed by atoms with E-state index < -0.39 is 0 Å². The molecular formula is C12H21N3OS. The van der Waals surface area contributed by atoms with Crippen molar-refractivity contribution in [1.82, 2.24) is 14.9 Å². The Balaban J connectivity index is 2.21. The Bertz CT molecular complexity index is 347. The molecule has 0 radical (unpaired) electrons. The van der Waals surface area contributed by atoms with Crippen LogP contribution in [0, 0.1) is 5.92 Å². The Labute approximate surface area is 107 Å². The Kier molecular flexibility index (Phi) is 4.48. The molecule has 1 fully saturated rings. The van der Waals surface area contributed by atoms with Gasteiger partial charge in [0.2, 0.25) is 0 Å². The largest absolute Gasteiger partial charge is 0.381 e. The second-order valence-electron chi connectivity index (χ2n) is 4.84. The highest BCUT2D eigenvalue weighted by Gasteiger charge is 2.30. The van der Waals surface area contributed by atoms with Crippen molar-refractivity contribution in [3.8, 4) is 0 Å². The van der Waals surface area contributed by atoms with E-state index in [0.29, 0.717) is 17.9 Å². The summed E-state index contributed by atoms with van der Waals surface area (Å²) < 4.78 is 9.64. The van der Waals surface area contributed by atoms with E-state index in [1.807, 2.05) is 0 Å². The van der Waals surface area contributed by atoms with Crippen LogP contribution in [-0.2, 0) is 4.74 Å². The van der Waals surface area contributed by atoms with E-state index in [1.165, 1.54) is 16.4 Å². The summed E-state index contributed by atoms with van der Waals surface area (Å²) in [6, 6.07) is 0.361. The van der Waals surface area contributed by atoms with Crippen LogP contribution < -0.4 is 5.32 Å². The third-order valence-electron chi connectivity index (χ3n) is 3.23. The van der Waals surface area contributed by atoms with Crippen molar-refractivity contribution in [3.05, 3.63) is 10.6 Å². The molecule has 0 aliphatic carbocycles. The van der Waals surface area contributed by atoms with Crippen LogP contribution in [0.25, 0.3) is 0 Å². The molecule has 17 heavy (non-hydrogen) atoms. The second kappa shape index (κ2) is 5.89. The number of hydrogen-bond donors (Lipinski definition) is 1. The summed E-state index contributed by atoms with van der Waals surface area (Å²) in [5.74, 6) is 1.00. The van der Waals surface area contributed by atoms with E-state index in [-0.39, 0.29) is 0 Å². The number of hydrogen-bond acceptors (Lipinski definition) is 5. The van der Waals surface area contributed by atoms with Crippen molar-refractivity contribution in [2.45, 2.75) is 39.2 Å². The van der Waals surface area contributed by atoms with Crippen LogP contribution in [0.15, 0.2) is 0 Å². The van der Waals surface area contributed by atoms with Crippen molar-refractivity contribution in [3.63, 3.8) is 0 Å². The van der Waals surface area contributed by atoms with E-state index in [2.05, 4.69) is 35.7 Å². The molecular weight excluding hydrogens is 234 g/mol. The maximum Gasteiger partial charge on any atom is 0.0829 e. The first-order chi connectivity index (χ1) is 8.24. The molecule has 1 aromatic heterocycles. The predicted molar refractivity (Wildman–Crippen MR) is 69.3 cm³/mol. The van der Waals surface area contributed by atoms with Crippen LogP contribution in [0.5, 0.6) is 0 Å². The third kappa shape index (κ3) is 2.84. The van der Waals surface area contributed by atoms with Gasteiger partial charge in [0.1, 0.15) is 0 Å². The molecule has 1 N–H and O–H groups in total. The van der Waals surface area contributed by atoms with Gasteiger partial charge in [0.25, 0.3) is 0 Å². The lowest BCUT2D eigenvalue weighted by atomic mass is 9.94. The Hall–Kier alpha value is -0.520. The maximum atomic E-state index is 5.51. The minimum atomic E-state index is 0.361. The summed E-state index contributed by atoms with van der Waals surface area (Å²) in [7, 11) is 0. The summed E-state index contributed by atoms with van der Waals surface area (Å²) in [4.78, 5) is 1.30. The van der Waals surface area contributed by atoms with Crippen molar-refractivity contribution in [1.29, 1.82) is 0 Å². The summed E-state index contributed by atoms with van der Waals surface area (Å²) in [6.07, 6.45) is 1.13. The fourth-order valence-corrected chi connectivity index (χ4v) is 3.31. The predicted octanol–water partition coefficient (Wildman–Crippen LogP) is 2.35. The van der Waals surface area contributed by atoms with Gasteiger partial charge in [-0.2, -0.15) is 0 Å². The van der Waals surface area contributed by atoms with E-state index in [9.17, 15) is 0 Å². The first kappa shape index (κ1) is 12.9. The van der Waals surface area contributed by atoms with Gasteiger partial charge in [0.05, 0.1) is 23.2 Å². The molecule has 1 aliphatic rings. The molecule has 0 saturated carbocycles. The summed E-state index contributed by atoms with van der Waals surface area (Å²) in [5, 5.41) is 7.85. The van der Waals surface area contributed by atoms with Gasteiger partial charge in [-0.1, -0.05) is 25.3 Å². The molecule has 1 saturated heterocycles. The number of ether oxygens (including phenoxy) is 1. The van der Waals surface area contributed by atoms with Crippen LogP contribution in [-0.4, -0.2) is 29.3 Å². The number of aromatic nitrogens is 2. The first-order valence-electron chi connectivity index (χ1n) is 6.37. The molecule has 2 heterocycles. The summed E-state index contributed by atoms with van der Waals surface area (Å²) >= 11 is 1.53. The average Bonchev–Trinajstić information content (AvgIpc) is 2.96. The van der Waals surface area contributed by atoms with Crippen LogP contribution in [0.3, 0.4) is 0 Å². The van der Waals surface area contributed by atoms with Gasteiger partial charge >= 0.3 is 0 Å². The topological polar surface area (TPSA) is 47.0 Å². The summed E-state index contributed by atoms with van der Waals surface area (Å²) in [6.45, 7) is 9.20. The lowest BCUT2D eigenvalue weighted by molar-refractivity contribution is 0.177. The standard InChI is InChI=1S/C12H21N3OS/c1-4-13-11(9-5-6-16-7-9)12-10(8(2)3)14-15-17-12/h8-9,11,13H,4-7H2,1-3H3. The Morgan fingerprint density at radius 2 is 2.35 bits per heavy atom. The van der Waals surface area contributed by atoms with Crippen LogP contribution in [0.4, 0.5) is 0 Å². The molecule has 4 nitrogen and oxygen atoms in total. The summed E-state index contributed by atoms with van der Waals surface area (Å²) in [5.41, 5.74) is 1.15. The van der Waals surface area contributed by atoms with Crippen LogP contribution in [0.1, 0.15) is 49.7 Å². The van der Waals surface area contributed by atoms with E-state index >= 15 is 0 Å². The number of nitrogens with one attached hydrogen (secondary N) is 1. The highest BCUT2D eigenvalue weighted by atomic mass is 32.1. The smallest absolute Gasteiger partial charge is 0.0829 e. The van der Waals surface area contributed by atoms with E-state index in [0.717, 1.165) is 31.9 Å². The molecule has 2 atom stereocenters. The van der Waals surface area contributed by atoms with Crippen molar-refractivity contribution >= 4 is 11.5 Å². The fraction of sp³-hybridized carbons (Fsp3) is 0.833. The quantitative estimate of drug-likeness (QED) is 0.877. The van der Waals surface area contributed by atoms with Gasteiger partial charge in [-0.25, -0.2) is 0 Å². The molecule has 2 rings (SSSR count). The third-order valence-corrected chi connectivity index (χ3v) is 4.05. The SMILES string of the molecule is CCNC(c1snnc1C(C)C)C1CCOC1. The minimum Gasteiger partial charge on any atom is -0.381 e. The van der Waals surface area contributed by atoms with Gasteiger partial charge < -0.3 is 10.1 Å². The lowest BCUT2D eigenvalue weighted by Gasteiger charge is -2.23. The molecule has 0 bridgehead atoms. The van der Waals surface area contributed by atoms with Crippen LogP contribution in [0.2, 0.25) is 0 Å². The van der Waals surface area contributed by atoms with Gasteiger partial charge in [0, 0.05) is 12.5 Å². The monoisotopic (exact) mass is 255 g/mol. The maximum absolute atomic E-state index is 5.51. The minimum absolute atomic E-state index is 0.361. The van der Waals surface area contributed by atoms with Crippen molar-refractivity contribution in [2.75, 3.05) is 19.8 Å². The van der Waals surface area contributed by atoms with Gasteiger partial charge in [0.15, 0.2) is 0 Å². The fourth-order valence-electron chi connectivity index (χ4n) is 2.33. The lowest BCUT2D eigenvalue weighted by Crippen LogP contribution is -2.28. The zero-order chi connectivity index (χ0) is 12.3. The molecule has 0 amide bonds. The highest BCUT2D eigenvalue weighted by Crippen LogP contribution is 2.34. The Morgan fingerprint density at radius 3 is 2.94 bits per heavy atom. The van der Waals surface area contributed by atoms with Crippen molar-refractivity contribution in [2.24, 2.45) is 5.92 Å². The van der Waals surface area contributed by atoms with Gasteiger partial charge in [-0.05, 0) is 30.4 Å². The van der Waals surface area contributed by atoms with Crippen molar-refractivity contribution < 1.29 is 4.74 Å². The zero-order valence-electron chi connectivity index (χ0n) is 10.8. The normalized spacial score (nSPS) is 22.2. The van der Waals surface area contributed by atoms with Crippen LogP contribution >= 0.6 is 11.5 Å². The molecule has 2 unspecified atom stereocenters. The number of rotatable bonds is 5. The van der Waals surface area contributed by atoms with E-state index in [4.69, 9.17) is 4.74 Å². The highest BCUT2D eigenvalue weighted by molar-refractivity contribution is 7.05. The first-order valence-corrected chi connectivity index (χ1v) is 7.14. The van der Waals surface area contributed by atoms with Gasteiger partial charge in [-0.3, -0.25) is 0 Å². The zero-order valence-corrected chi connectivity index (χ0v) is 11.6. The number of nitrogens with zero attached hydrogens (tertiary/aromatic N) is 2. The molecule has 0 aromatic carbocycles. The molecule has 5 heteroatoms. The van der Waals surface area contributed by atoms with Gasteiger partial charge in [-0.15, -0.1) is 5.10 Å². The molecule has 0 spiro atoms. The molecule has 96 valence electrons. The Morgan fingerprint density at radius 1 is 1.53 bits per heavy atom. The van der Waals surface area contributed by atoms with E-state index in [1.54, 1.807) is 0 Å². The average molecular weight is 255 g/mol. The molecule has 1 aromatic rings.